The summed E-state index contributed by atoms with van der Waals surface area (Å²) in [6.45, 7) is 3.19. The fraction of sp³-hybridized carbons (Fsp3) is 0.625. The Morgan fingerprint density at radius 1 is 1.43 bits per heavy atom. The minimum absolute atomic E-state index is 0.373. The van der Waals surface area contributed by atoms with Gasteiger partial charge < -0.3 is 15.0 Å². The molecule has 1 N–H and O–H groups in total. The smallest absolute Gasteiger partial charge is 0.356 e. The predicted molar refractivity (Wildman–Crippen MR) is 81.5 cm³/mol. The number of hydrogen-bond donors (Lipinski definition) is 1. The molecule has 1 aromatic heterocycles. The summed E-state index contributed by atoms with van der Waals surface area (Å²) >= 11 is 0. The molecular weight excluding hydrogens is 266 g/mol. The Balaban J connectivity index is 1.75. The van der Waals surface area contributed by atoms with Crippen molar-refractivity contribution >= 4 is 11.7 Å². The molecule has 114 valence electrons. The first-order chi connectivity index (χ1) is 10.3. The Morgan fingerprint density at radius 2 is 2.29 bits per heavy atom. The lowest BCUT2D eigenvalue weighted by Crippen LogP contribution is -2.38. The summed E-state index contributed by atoms with van der Waals surface area (Å²) in [6.07, 6.45) is 6.83. The SMILES string of the molecule is COC(=O)c1cc(N(CC2CC2)CC2CCCN2)ccn1. The zero-order valence-electron chi connectivity index (χ0n) is 12.5. The van der Waals surface area contributed by atoms with Gasteiger partial charge >= 0.3 is 5.97 Å². The highest BCUT2D eigenvalue weighted by Gasteiger charge is 2.27. The number of anilines is 1. The summed E-state index contributed by atoms with van der Waals surface area (Å²) in [4.78, 5) is 18.2. The van der Waals surface area contributed by atoms with Gasteiger partial charge in [-0.05, 0) is 50.3 Å². The second-order valence-electron chi connectivity index (χ2n) is 6.03. The van der Waals surface area contributed by atoms with E-state index in [0.29, 0.717) is 11.7 Å². The zero-order valence-corrected chi connectivity index (χ0v) is 12.5. The largest absolute Gasteiger partial charge is 0.464 e. The molecule has 0 aromatic carbocycles. The van der Waals surface area contributed by atoms with Crippen LogP contribution in [0, 0.1) is 5.92 Å². The summed E-state index contributed by atoms with van der Waals surface area (Å²) < 4.78 is 4.77. The number of nitrogens with zero attached hydrogens (tertiary/aromatic N) is 2. The molecule has 3 rings (SSSR count). The van der Waals surface area contributed by atoms with E-state index >= 15 is 0 Å². The number of rotatable bonds is 6. The average Bonchev–Trinajstić information content (AvgIpc) is 3.19. The summed E-state index contributed by atoms with van der Waals surface area (Å²) in [5.41, 5.74) is 1.46. The first kappa shape index (κ1) is 14.3. The molecule has 1 atom stereocenters. The van der Waals surface area contributed by atoms with Crippen molar-refractivity contribution in [3.63, 3.8) is 0 Å². The molecular formula is C16H23N3O2. The molecule has 5 heteroatoms. The van der Waals surface area contributed by atoms with Crippen molar-refractivity contribution in [2.45, 2.75) is 31.7 Å². The van der Waals surface area contributed by atoms with Crippen molar-refractivity contribution < 1.29 is 9.53 Å². The van der Waals surface area contributed by atoms with Crippen LogP contribution < -0.4 is 10.2 Å². The van der Waals surface area contributed by atoms with Crippen LogP contribution in [-0.2, 0) is 4.74 Å². The Hall–Kier alpha value is -1.62. The first-order valence-corrected chi connectivity index (χ1v) is 7.79. The number of hydrogen-bond acceptors (Lipinski definition) is 5. The van der Waals surface area contributed by atoms with Gasteiger partial charge in [0, 0.05) is 31.0 Å². The molecule has 0 amide bonds. The molecule has 1 aliphatic carbocycles. The van der Waals surface area contributed by atoms with Crippen LogP contribution in [0.3, 0.4) is 0 Å². The second kappa shape index (κ2) is 6.43. The molecule has 1 saturated heterocycles. The Labute approximate surface area is 125 Å². The number of methoxy groups -OCH3 is 1. The van der Waals surface area contributed by atoms with Gasteiger partial charge in [-0.3, -0.25) is 0 Å². The summed E-state index contributed by atoms with van der Waals surface area (Å²) in [5, 5.41) is 3.55. The molecule has 1 saturated carbocycles. The lowest BCUT2D eigenvalue weighted by Gasteiger charge is -2.28. The van der Waals surface area contributed by atoms with E-state index in [1.54, 1.807) is 6.20 Å². The second-order valence-corrected chi connectivity index (χ2v) is 6.03. The first-order valence-electron chi connectivity index (χ1n) is 7.79. The predicted octanol–water partition coefficient (Wildman–Crippen LogP) is 1.84. The van der Waals surface area contributed by atoms with E-state index in [-0.39, 0.29) is 5.97 Å². The topological polar surface area (TPSA) is 54.5 Å². The molecule has 2 heterocycles. The molecule has 0 radical (unpaired) electrons. The van der Waals surface area contributed by atoms with Crippen LogP contribution >= 0.6 is 0 Å². The molecule has 5 nitrogen and oxygen atoms in total. The number of pyridine rings is 1. The number of esters is 1. The van der Waals surface area contributed by atoms with Gasteiger partial charge in [-0.25, -0.2) is 9.78 Å². The van der Waals surface area contributed by atoms with Gasteiger partial charge in [0.2, 0.25) is 0 Å². The van der Waals surface area contributed by atoms with Crippen LogP contribution in [0.5, 0.6) is 0 Å². The molecule has 0 spiro atoms. The standard InChI is InChI=1S/C16H23N3O2/c1-21-16(20)15-9-14(6-8-18-15)19(10-12-4-5-12)11-13-3-2-7-17-13/h6,8-9,12-13,17H,2-5,7,10-11H2,1H3. The van der Waals surface area contributed by atoms with Gasteiger partial charge in [0.15, 0.2) is 0 Å². The molecule has 1 unspecified atom stereocenters. The van der Waals surface area contributed by atoms with Gasteiger partial charge in [-0.1, -0.05) is 0 Å². The van der Waals surface area contributed by atoms with Crippen molar-refractivity contribution in [2.24, 2.45) is 5.92 Å². The van der Waals surface area contributed by atoms with Crippen molar-refractivity contribution in [1.29, 1.82) is 0 Å². The lowest BCUT2D eigenvalue weighted by molar-refractivity contribution is 0.0594. The van der Waals surface area contributed by atoms with Crippen LogP contribution in [0.25, 0.3) is 0 Å². The molecule has 2 aliphatic rings. The van der Waals surface area contributed by atoms with Crippen LogP contribution in [-0.4, -0.2) is 43.7 Å². The summed E-state index contributed by atoms with van der Waals surface area (Å²) in [7, 11) is 1.39. The van der Waals surface area contributed by atoms with Crippen LogP contribution in [0.1, 0.15) is 36.2 Å². The minimum Gasteiger partial charge on any atom is -0.464 e. The Bertz CT molecular complexity index is 496. The van der Waals surface area contributed by atoms with E-state index in [1.165, 1.54) is 32.8 Å². The highest BCUT2D eigenvalue weighted by atomic mass is 16.5. The van der Waals surface area contributed by atoms with E-state index < -0.39 is 0 Å². The number of ether oxygens (including phenoxy) is 1. The Kier molecular flexibility index (Phi) is 4.39. The highest BCUT2D eigenvalue weighted by Crippen LogP contribution is 2.32. The number of aromatic nitrogens is 1. The molecule has 2 fully saturated rings. The fourth-order valence-electron chi connectivity index (χ4n) is 2.91. The number of carbonyl (C=O) groups is 1. The van der Waals surface area contributed by atoms with Crippen molar-refractivity contribution in [3.8, 4) is 0 Å². The highest BCUT2D eigenvalue weighted by molar-refractivity contribution is 5.88. The van der Waals surface area contributed by atoms with E-state index in [0.717, 1.165) is 31.2 Å². The van der Waals surface area contributed by atoms with Gasteiger partial charge in [-0.15, -0.1) is 0 Å². The normalized spacial score (nSPS) is 21.3. The molecule has 1 aromatic rings. The molecule has 1 aliphatic heterocycles. The van der Waals surface area contributed by atoms with Crippen LogP contribution in [0.4, 0.5) is 5.69 Å². The zero-order chi connectivity index (χ0) is 14.7. The van der Waals surface area contributed by atoms with E-state index in [1.807, 2.05) is 12.1 Å². The maximum absolute atomic E-state index is 11.7. The third kappa shape index (κ3) is 3.73. The maximum atomic E-state index is 11.7. The molecule has 0 bridgehead atoms. The van der Waals surface area contributed by atoms with Crippen molar-refractivity contribution in [2.75, 3.05) is 31.6 Å². The van der Waals surface area contributed by atoms with Gasteiger partial charge in [0.1, 0.15) is 5.69 Å². The van der Waals surface area contributed by atoms with Crippen LogP contribution in [0.15, 0.2) is 18.3 Å². The third-order valence-corrected chi connectivity index (χ3v) is 4.28. The average molecular weight is 289 g/mol. The van der Waals surface area contributed by atoms with Gasteiger partial charge in [-0.2, -0.15) is 0 Å². The van der Waals surface area contributed by atoms with E-state index in [2.05, 4.69) is 15.2 Å². The Morgan fingerprint density at radius 3 is 2.95 bits per heavy atom. The van der Waals surface area contributed by atoms with Crippen molar-refractivity contribution in [3.05, 3.63) is 24.0 Å². The monoisotopic (exact) mass is 289 g/mol. The summed E-state index contributed by atoms with van der Waals surface area (Å²) in [5.74, 6) is 0.434. The molecule has 21 heavy (non-hydrogen) atoms. The summed E-state index contributed by atoms with van der Waals surface area (Å²) in [6, 6.07) is 4.39. The maximum Gasteiger partial charge on any atom is 0.356 e. The van der Waals surface area contributed by atoms with Crippen LogP contribution in [0.2, 0.25) is 0 Å². The lowest BCUT2D eigenvalue weighted by atomic mass is 10.2. The number of carbonyl (C=O) groups excluding carboxylic acids is 1. The van der Waals surface area contributed by atoms with Gasteiger partial charge in [0.05, 0.1) is 7.11 Å². The van der Waals surface area contributed by atoms with Gasteiger partial charge in [0.25, 0.3) is 0 Å². The quantitative estimate of drug-likeness (QED) is 0.810. The fourth-order valence-corrected chi connectivity index (χ4v) is 2.91. The van der Waals surface area contributed by atoms with E-state index in [4.69, 9.17) is 4.74 Å². The number of nitrogens with one attached hydrogen (secondary N) is 1. The van der Waals surface area contributed by atoms with Crippen molar-refractivity contribution in [1.82, 2.24) is 10.3 Å². The minimum atomic E-state index is -0.373. The van der Waals surface area contributed by atoms with E-state index in [9.17, 15) is 4.79 Å². The third-order valence-electron chi connectivity index (χ3n) is 4.28.